The van der Waals surface area contributed by atoms with Crippen LogP contribution in [0, 0.1) is 41.4 Å². The van der Waals surface area contributed by atoms with E-state index in [2.05, 4.69) is 15.8 Å². The zero-order valence-electron chi connectivity index (χ0n) is 20.0. The molecule has 4 rings (SSSR count). The normalized spacial score (nSPS) is 28.5. The van der Waals surface area contributed by atoms with Crippen LogP contribution >= 0.6 is 0 Å². The molecular formula is C23H29F2N5O5. The molecule has 190 valence electrons. The van der Waals surface area contributed by atoms with E-state index in [-0.39, 0.29) is 24.8 Å². The van der Waals surface area contributed by atoms with E-state index in [0.717, 1.165) is 4.90 Å². The lowest BCUT2D eigenvalue weighted by atomic mass is 9.87. The van der Waals surface area contributed by atoms with Gasteiger partial charge < -0.3 is 24.8 Å². The van der Waals surface area contributed by atoms with Gasteiger partial charge in [0.05, 0.1) is 23.6 Å². The van der Waals surface area contributed by atoms with Crippen molar-refractivity contribution in [3.05, 3.63) is 11.8 Å². The summed E-state index contributed by atoms with van der Waals surface area (Å²) in [5, 5.41) is 18.4. The minimum Gasteiger partial charge on any atom is -0.450 e. The minimum atomic E-state index is -3.08. The highest BCUT2D eigenvalue weighted by Crippen LogP contribution is 2.62. The molecule has 10 nitrogen and oxygen atoms in total. The first kappa shape index (κ1) is 24.9. The summed E-state index contributed by atoms with van der Waals surface area (Å²) in [7, 11) is 0. The molecule has 1 saturated carbocycles. The monoisotopic (exact) mass is 493 g/mol. The lowest BCUT2D eigenvalue weighted by Gasteiger charge is -2.36. The molecule has 0 spiro atoms. The number of fused-ring (bicyclic) bond motifs is 1. The Hall–Kier alpha value is -3.23. The molecule has 1 aromatic heterocycles. The number of carbonyl (C=O) groups excluding carboxylic acids is 3. The molecule has 3 aliphatic rings. The Morgan fingerprint density at radius 3 is 2.71 bits per heavy atom. The molecule has 2 N–H and O–H groups in total. The van der Waals surface area contributed by atoms with E-state index in [1.54, 1.807) is 27.7 Å². The van der Waals surface area contributed by atoms with E-state index in [4.69, 9.17) is 9.26 Å². The van der Waals surface area contributed by atoms with Crippen LogP contribution in [0.2, 0.25) is 0 Å². The number of amides is 3. The number of hydrogen-bond donors (Lipinski definition) is 2. The van der Waals surface area contributed by atoms with Gasteiger partial charge in [-0.25, -0.2) is 8.78 Å². The first-order valence-electron chi connectivity index (χ1n) is 11.6. The number of hydrogen-bond acceptors (Lipinski definition) is 7. The molecule has 3 heterocycles. The average molecular weight is 494 g/mol. The Balaban J connectivity index is 1.53. The van der Waals surface area contributed by atoms with Gasteiger partial charge in [0, 0.05) is 30.5 Å². The quantitative estimate of drug-likeness (QED) is 0.586. The van der Waals surface area contributed by atoms with Crippen LogP contribution in [0.5, 0.6) is 5.95 Å². The Morgan fingerprint density at radius 2 is 2.17 bits per heavy atom. The van der Waals surface area contributed by atoms with Gasteiger partial charge in [-0.1, -0.05) is 25.9 Å². The Labute approximate surface area is 201 Å². The molecule has 2 saturated heterocycles. The van der Waals surface area contributed by atoms with Crippen molar-refractivity contribution in [3.8, 4) is 12.0 Å². The SMILES string of the molecule is Cc1cc(O[C@H](C(=O)N2C[C@H]3[C@@H]([C@H]2C(=O)N[C@H](C#N)C[C@@H]2CCNC2=O)C3(F)F)C(C)(C)C)on1. The molecule has 0 radical (unpaired) electrons. The van der Waals surface area contributed by atoms with E-state index in [9.17, 15) is 28.4 Å². The molecule has 3 amide bonds. The molecule has 0 aromatic carbocycles. The third-order valence-electron chi connectivity index (χ3n) is 6.89. The first-order valence-corrected chi connectivity index (χ1v) is 11.6. The largest absolute Gasteiger partial charge is 0.450 e. The van der Waals surface area contributed by atoms with Crippen molar-refractivity contribution in [1.29, 1.82) is 5.26 Å². The van der Waals surface area contributed by atoms with Gasteiger partial charge in [0.1, 0.15) is 12.1 Å². The molecule has 6 atom stereocenters. The van der Waals surface area contributed by atoms with E-state index in [1.165, 1.54) is 6.07 Å². The summed E-state index contributed by atoms with van der Waals surface area (Å²) in [6.45, 7) is 7.10. The highest BCUT2D eigenvalue weighted by molar-refractivity contribution is 5.92. The molecule has 1 aromatic rings. The number of ether oxygens (including phenoxy) is 1. The third kappa shape index (κ3) is 4.68. The highest BCUT2D eigenvalue weighted by Gasteiger charge is 2.78. The van der Waals surface area contributed by atoms with Crippen LogP contribution in [-0.2, 0) is 14.4 Å². The van der Waals surface area contributed by atoms with Crippen molar-refractivity contribution in [2.24, 2.45) is 23.2 Å². The van der Waals surface area contributed by atoms with Crippen molar-refractivity contribution in [2.75, 3.05) is 13.1 Å². The number of aromatic nitrogens is 1. The number of carbonyl (C=O) groups is 3. The third-order valence-corrected chi connectivity index (χ3v) is 6.89. The summed E-state index contributed by atoms with van der Waals surface area (Å²) < 4.78 is 39.6. The van der Waals surface area contributed by atoms with Crippen LogP contribution in [0.3, 0.4) is 0 Å². The predicted molar refractivity (Wildman–Crippen MR) is 116 cm³/mol. The molecule has 35 heavy (non-hydrogen) atoms. The number of likely N-dealkylation sites (tertiary alicyclic amines) is 1. The highest BCUT2D eigenvalue weighted by atomic mass is 19.3. The number of halogens is 2. The van der Waals surface area contributed by atoms with Crippen molar-refractivity contribution in [2.45, 2.75) is 64.6 Å². The lowest BCUT2D eigenvalue weighted by Crippen LogP contribution is -2.57. The van der Waals surface area contributed by atoms with E-state index < -0.39 is 59.1 Å². The zero-order valence-corrected chi connectivity index (χ0v) is 20.0. The number of alkyl halides is 2. The summed E-state index contributed by atoms with van der Waals surface area (Å²) in [6.07, 6.45) is -0.544. The Bertz CT molecular complexity index is 1060. The summed E-state index contributed by atoms with van der Waals surface area (Å²) in [5.41, 5.74) is -0.225. The predicted octanol–water partition coefficient (Wildman–Crippen LogP) is 1.40. The van der Waals surface area contributed by atoms with Crippen LogP contribution in [0.1, 0.15) is 39.3 Å². The van der Waals surface area contributed by atoms with Crippen LogP contribution in [-0.4, -0.2) is 65.0 Å². The maximum absolute atomic E-state index is 14.4. The Morgan fingerprint density at radius 1 is 1.46 bits per heavy atom. The molecule has 0 bridgehead atoms. The first-order chi connectivity index (χ1) is 16.3. The minimum absolute atomic E-state index is 0.00541. The van der Waals surface area contributed by atoms with Gasteiger partial charge in [-0.15, -0.1) is 0 Å². The summed E-state index contributed by atoms with van der Waals surface area (Å²) in [5.74, 6) is -7.67. The van der Waals surface area contributed by atoms with Crippen LogP contribution in [0.4, 0.5) is 8.78 Å². The zero-order chi connectivity index (χ0) is 25.7. The second-order valence-electron chi connectivity index (χ2n) is 10.6. The fourth-order valence-corrected chi connectivity index (χ4v) is 4.95. The number of nitriles is 1. The average Bonchev–Trinajstić information content (AvgIpc) is 3.27. The van der Waals surface area contributed by atoms with Crippen molar-refractivity contribution in [1.82, 2.24) is 20.7 Å². The summed E-state index contributed by atoms with van der Waals surface area (Å²) in [6, 6.07) is 0.927. The van der Waals surface area contributed by atoms with Gasteiger partial charge in [-0.3, -0.25) is 14.4 Å². The van der Waals surface area contributed by atoms with Gasteiger partial charge in [0.25, 0.3) is 11.8 Å². The van der Waals surface area contributed by atoms with Crippen LogP contribution in [0.15, 0.2) is 10.6 Å². The summed E-state index contributed by atoms with van der Waals surface area (Å²) >= 11 is 0. The Kier molecular flexibility index (Phi) is 6.23. The lowest BCUT2D eigenvalue weighted by molar-refractivity contribution is -0.152. The topological polar surface area (TPSA) is 138 Å². The molecule has 0 unspecified atom stereocenters. The van der Waals surface area contributed by atoms with E-state index in [0.29, 0.717) is 18.7 Å². The number of rotatable bonds is 7. The van der Waals surface area contributed by atoms with Gasteiger partial charge in [0.15, 0.2) is 6.10 Å². The van der Waals surface area contributed by atoms with Gasteiger partial charge in [0.2, 0.25) is 11.8 Å². The maximum atomic E-state index is 14.4. The van der Waals surface area contributed by atoms with Crippen molar-refractivity contribution >= 4 is 17.7 Å². The fraction of sp³-hybridized carbons (Fsp3) is 0.696. The molecule has 2 aliphatic heterocycles. The molecular weight excluding hydrogens is 464 g/mol. The van der Waals surface area contributed by atoms with Gasteiger partial charge >= 0.3 is 5.95 Å². The number of piperidine rings is 1. The standard InChI is InChI=1S/C23H29F2N5O5/c1-11-7-15(35-29-11)34-18(22(2,3)4)21(33)30-10-14-16(23(14,24)25)17(30)20(32)28-13(9-26)8-12-5-6-27-19(12)31/h7,12-14,16-18H,5-6,8,10H2,1-4H3,(H,27,31)(H,28,32)/t12-,13-,14-,16-,17-,18+/m0/s1. The number of nitrogens with one attached hydrogen (secondary N) is 2. The van der Waals surface area contributed by atoms with Crippen LogP contribution in [0.25, 0.3) is 0 Å². The van der Waals surface area contributed by atoms with Crippen molar-refractivity contribution < 1.29 is 32.4 Å². The second kappa shape index (κ2) is 8.77. The summed E-state index contributed by atoms with van der Waals surface area (Å²) in [4.78, 5) is 39.7. The van der Waals surface area contributed by atoms with E-state index >= 15 is 0 Å². The van der Waals surface area contributed by atoms with Gasteiger partial charge in [-0.05, 0) is 19.8 Å². The van der Waals surface area contributed by atoms with Gasteiger partial charge in [-0.2, -0.15) is 5.26 Å². The van der Waals surface area contributed by atoms with Crippen LogP contribution < -0.4 is 15.4 Å². The molecule has 12 heteroatoms. The number of nitrogens with zero attached hydrogens (tertiary/aromatic N) is 3. The van der Waals surface area contributed by atoms with Crippen molar-refractivity contribution in [3.63, 3.8) is 0 Å². The fourth-order valence-electron chi connectivity index (χ4n) is 4.95. The maximum Gasteiger partial charge on any atom is 0.312 e. The smallest absolute Gasteiger partial charge is 0.312 e. The van der Waals surface area contributed by atoms with E-state index in [1.807, 2.05) is 6.07 Å². The molecule has 3 fully saturated rings. The second-order valence-corrected chi connectivity index (χ2v) is 10.6. The molecule has 1 aliphatic carbocycles. The number of aryl methyl sites for hydroxylation is 1.